The van der Waals surface area contributed by atoms with Crippen LogP contribution in [0.25, 0.3) is 5.69 Å². The molecule has 0 radical (unpaired) electrons. The predicted molar refractivity (Wildman–Crippen MR) is 120 cm³/mol. The zero-order chi connectivity index (χ0) is 22.7. The van der Waals surface area contributed by atoms with Crippen molar-refractivity contribution < 1.29 is 14.7 Å². The summed E-state index contributed by atoms with van der Waals surface area (Å²) in [5.74, 6) is 0.891. The molecule has 0 bridgehead atoms. The lowest BCUT2D eigenvalue weighted by Gasteiger charge is -2.31. The van der Waals surface area contributed by atoms with Gasteiger partial charge in [0.2, 0.25) is 5.91 Å². The van der Waals surface area contributed by atoms with Crippen molar-refractivity contribution in [2.24, 2.45) is 0 Å². The van der Waals surface area contributed by atoms with Crippen molar-refractivity contribution in [2.75, 3.05) is 25.5 Å². The number of nitrogens with one attached hydrogen (secondary N) is 1. The standard InChI is InChI=1S/C22H26N6O.CH2O2/c1-15-3-5-17(6-4-15)27-14-16(12-23-27)19-11-21(29)25-22-20(19)13-24-28(22)18-7-9-26(2)10-8-18;2-1-3/h3-6,12-14,18-19H,7-11H2,1-2H3,(H,25,29);1H,(H,2,3). The number of aryl methyl sites for hydroxylation is 1. The first-order valence-electron chi connectivity index (χ1n) is 10.8. The van der Waals surface area contributed by atoms with E-state index in [9.17, 15) is 4.79 Å². The number of amides is 1. The number of rotatable bonds is 3. The minimum absolute atomic E-state index is 0.0158. The molecular weight excluding hydrogens is 408 g/mol. The number of piperidine rings is 1. The number of carboxylic acid groups (broad SMARTS) is 1. The van der Waals surface area contributed by atoms with Gasteiger partial charge in [-0.05, 0) is 57.6 Å². The molecule has 2 aromatic heterocycles. The number of hydrogen-bond acceptors (Lipinski definition) is 5. The Morgan fingerprint density at radius 3 is 2.50 bits per heavy atom. The number of nitrogens with zero attached hydrogens (tertiary/aromatic N) is 5. The normalized spacial score (nSPS) is 18.9. The molecule has 3 aromatic rings. The van der Waals surface area contributed by atoms with Crippen LogP contribution in [0.4, 0.5) is 5.82 Å². The van der Waals surface area contributed by atoms with Gasteiger partial charge in [-0.3, -0.25) is 9.59 Å². The summed E-state index contributed by atoms with van der Waals surface area (Å²) >= 11 is 0. The van der Waals surface area contributed by atoms with E-state index in [2.05, 4.69) is 58.7 Å². The summed E-state index contributed by atoms with van der Waals surface area (Å²) in [5, 5.41) is 19.2. The number of carbonyl (C=O) groups excluding carboxylic acids is 1. The van der Waals surface area contributed by atoms with Gasteiger partial charge < -0.3 is 15.3 Å². The highest BCUT2D eigenvalue weighted by atomic mass is 16.3. The largest absolute Gasteiger partial charge is 0.483 e. The van der Waals surface area contributed by atoms with Crippen LogP contribution in [0, 0.1) is 6.92 Å². The molecule has 2 aliphatic heterocycles. The Hall–Kier alpha value is -3.46. The molecule has 1 unspecified atom stereocenters. The first-order chi connectivity index (χ1) is 15.5. The van der Waals surface area contributed by atoms with Crippen molar-refractivity contribution >= 4 is 18.2 Å². The second-order valence-electron chi connectivity index (χ2n) is 8.39. The number of benzene rings is 1. The second-order valence-corrected chi connectivity index (χ2v) is 8.39. The van der Waals surface area contributed by atoms with Crippen LogP contribution in [0.15, 0.2) is 42.9 Å². The van der Waals surface area contributed by atoms with E-state index >= 15 is 0 Å². The van der Waals surface area contributed by atoms with Gasteiger partial charge in [0.25, 0.3) is 6.47 Å². The lowest BCUT2D eigenvalue weighted by molar-refractivity contribution is -0.123. The highest BCUT2D eigenvalue weighted by Crippen LogP contribution is 2.39. The van der Waals surface area contributed by atoms with Gasteiger partial charge >= 0.3 is 0 Å². The predicted octanol–water partition coefficient (Wildman–Crippen LogP) is 2.82. The van der Waals surface area contributed by atoms with Crippen molar-refractivity contribution in [3.8, 4) is 5.69 Å². The average Bonchev–Trinajstić information content (AvgIpc) is 3.43. The Morgan fingerprint density at radius 1 is 1.12 bits per heavy atom. The Morgan fingerprint density at radius 2 is 1.81 bits per heavy atom. The number of likely N-dealkylation sites (tertiary alicyclic amines) is 1. The Bertz CT molecular complexity index is 1080. The van der Waals surface area contributed by atoms with Gasteiger partial charge in [-0.1, -0.05) is 17.7 Å². The maximum atomic E-state index is 12.5. The molecule has 0 spiro atoms. The zero-order valence-electron chi connectivity index (χ0n) is 18.3. The molecule has 2 N–H and O–H groups in total. The third-order valence-corrected chi connectivity index (χ3v) is 6.18. The van der Waals surface area contributed by atoms with Crippen LogP contribution in [0.5, 0.6) is 0 Å². The van der Waals surface area contributed by atoms with E-state index < -0.39 is 0 Å². The number of carbonyl (C=O) groups is 2. The van der Waals surface area contributed by atoms with Crippen molar-refractivity contribution in [2.45, 2.75) is 38.1 Å². The van der Waals surface area contributed by atoms with Gasteiger partial charge in [0, 0.05) is 24.1 Å². The summed E-state index contributed by atoms with van der Waals surface area (Å²) in [7, 11) is 2.15. The summed E-state index contributed by atoms with van der Waals surface area (Å²) in [6.45, 7) is 3.93. The molecule has 168 valence electrons. The Balaban J connectivity index is 0.000000775. The topological polar surface area (TPSA) is 105 Å². The Kier molecular flexibility index (Phi) is 6.36. The summed E-state index contributed by atoms with van der Waals surface area (Å²) in [5.41, 5.74) is 4.37. The lowest BCUT2D eigenvalue weighted by atomic mass is 9.89. The molecule has 1 amide bonds. The number of anilines is 1. The van der Waals surface area contributed by atoms with E-state index in [0.29, 0.717) is 12.5 Å². The number of aromatic nitrogens is 4. The van der Waals surface area contributed by atoms with Crippen molar-refractivity contribution in [3.05, 3.63) is 59.5 Å². The molecule has 1 saturated heterocycles. The van der Waals surface area contributed by atoms with Crippen LogP contribution in [0.3, 0.4) is 0 Å². The molecule has 0 aliphatic carbocycles. The summed E-state index contributed by atoms with van der Waals surface area (Å²) in [6, 6.07) is 8.61. The van der Waals surface area contributed by atoms with Crippen LogP contribution in [0.2, 0.25) is 0 Å². The molecule has 5 rings (SSSR count). The minimum Gasteiger partial charge on any atom is -0.483 e. The molecule has 1 fully saturated rings. The Labute approximate surface area is 186 Å². The van der Waals surface area contributed by atoms with Crippen LogP contribution < -0.4 is 5.32 Å². The smallest absolute Gasteiger partial charge is 0.290 e. The quantitative estimate of drug-likeness (QED) is 0.612. The van der Waals surface area contributed by atoms with Crippen LogP contribution in [0.1, 0.15) is 47.9 Å². The van der Waals surface area contributed by atoms with Crippen LogP contribution in [-0.4, -0.2) is 62.1 Å². The molecule has 1 aromatic carbocycles. The third-order valence-electron chi connectivity index (χ3n) is 6.18. The van der Waals surface area contributed by atoms with Gasteiger partial charge in [-0.25, -0.2) is 9.36 Å². The highest BCUT2D eigenvalue weighted by molar-refractivity contribution is 5.94. The fourth-order valence-electron chi connectivity index (χ4n) is 4.41. The second kappa shape index (κ2) is 9.35. The van der Waals surface area contributed by atoms with E-state index in [1.807, 2.05) is 28.0 Å². The fourth-order valence-corrected chi connectivity index (χ4v) is 4.41. The average molecular weight is 437 g/mol. The maximum Gasteiger partial charge on any atom is 0.290 e. The minimum atomic E-state index is -0.250. The number of hydrogen-bond donors (Lipinski definition) is 2. The van der Waals surface area contributed by atoms with Gasteiger partial charge in [-0.2, -0.15) is 10.2 Å². The van der Waals surface area contributed by atoms with E-state index in [1.54, 1.807) is 0 Å². The first kappa shape index (κ1) is 21.8. The van der Waals surface area contributed by atoms with Gasteiger partial charge in [0.1, 0.15) is 5.82 Å². The van der Waals surface area contributed by atoms with Gasteiger partial charge in [0.15, 0.2) is 0 Å². The maximum absolute atomic E-state index is 12.5. The van der Waals surface area contributed by atoms with E-state index in [1.165, 1.54) is 5.56 Å². The molecule has 4 heterocycles. The van der Waals surface area contributed by atoms with E-state index in [-0.39, 0.29) is 18.3 Å². The molecule has 1 atom stereocenters. The van der Waals surface area contributed by atoms with Crippen molar-refractivity contribution in [3.63, 3.8) is 0 Å². The van der Waals surface area contributed by atoms with E-state index in [0.717, 1.165) is 48.6 Å². The van der Waals surface area contributed by atoms with Crippen LogP contribution >= 0.6 is 0 Å². The SMILES string of the molecule is Cc1ccc(-n2cc(C3CC(=O)Nc4c3cnn4C3CCN(C)CC3)cn2)cc1.O=CO. The van der Waals surface area contributed by atoms with E-state index in [4.69, 9.17) is 9.90 Å². The highest BCUT2D eigenvalue weighted by Gasteiger charge is 2.33. The molecule has 0 saturated carbocycles. The lowest BCUT2D eigenvalue weighted by Crippen LogP contribution is -2.33. The van der Waals surface area contributed by atoms with Gasteiger partial charge in [-0.15, -0.1) is 0 Å². The molecule has 9 nitrogen and oxygen atoms in total. The third kappa shape index (κ3) is 4.43. The van der Waals surface area contributed by atoms with Crippen molar-refractivity contribution in [1.82, 2.24) is 24.5 Å². The zero-order valence-corrected chi connectivity index (χ0v) is 18.3. The van der Waals surface area contributed by atoms with Crippen molar-refractivity contribution in [1.29, 1.82) is 0 Å². The fraction of sp³-hybridized carbons (Fsp3) is 0.391. The monoisotopic (exact) mass is 436 g/mol. The molecular formula is C23H28N6O3. The summed E-state index contributed by atoms with van der Waals surface area (Å²) in [4.78, 5) is 23.2. The van der Waals surface area contributed by atoms with Crippen LogP contribution in [-0.2, 0) is 9.59 Å². The summed E-state index contributed by atoms with van der Waals surface area (Å²) < 4.78 is 3.92. The van der Waals surface area contributed by atoms with Gasteiger partial charge in [0.05, 0.1) is 24.1 Å². The molecule has 2 aliphatic rings. The number of fused-ring (bicyclic) bond motifs is 1. The first-order valence-corrected chi connectivity index (χ1v) is 10.8. The summed E-state index contributed by atoms with van der Waals surface area (Å²) in [6.07, 6.45) is 8.37. The molecule has 32 heavy (non-hydrogen) atoms. The molecule has 9 heteroatoms.